The highest BCUT2D eigenvalue weighted by atomic mass is 32.2. The summed E-state index contributed by atoms with van der Waals surface area (Å²) < 4.78 is 61.2. The molecule has 2 aromatic rings. The zero-order chi connectivity index (χ0) is 29.3. The second-order valence-electron chi connectivity index (χ2n) is 12.3. The molecule has 3 fully saturated rings. The molecule has 1 aromatic carbocycles. The largest absolute Gasteiger partial charge is 0.485 e. The number of anilines is 4. The van der Waals surface area contributed by atoms with Crippen LogP contribution in [0.4, 0.5) is 31.7 Å². The minimum atomic E-state index is -3.70. The first kappa shape index (κ1) is 27.6. The lowest BCUT2D eigenvalue weighted by Gasteiger charge is -2.43. The third-order valence-electron chi connectivity index (χ3n) is 9.62. The number of benzene rings is 1. The highest BCUT2D eigenvalue weighted by Gasteiger charge is 2.46. The number of hydrogen-bond donors (Lipinski definition) is 2. The Morgan fingerprint density at radius 3 is 2.62 bits per heavy atom. The number of pyridine rings is 1. The number of halogens is 2. The van der Waals surface area contributed by atoms with Crippen molar-refractivity contribution in [2.45, 2.75) is 56.9 Å². The molecule has 0 radical (unpaired) electrons. The monoisotopic (exact) mass is 603 g/mol. The number of rotatable bonds is 6. The summed E-state index contributed by atoms with van der Waals surface area (Å²) in [5.74, 6) is -2.65. The third-order valence-corrected chi connectivity index (χ3v) is 11.4. The van der Waals surface area contributed by atoms with Crippen molar-refractivity contribution in [2.24, 2.45) is 5.41 Å². The summed E-state index contributed by atoms with van der Waals surface area (Å²) in [6, 6.07) is 4.76. The van der Waals surface area contributed by atoms with E-state index in [0.29, 0.717) is 46.0 Å². The van der Waals surface area contributed by atoms with Crippen molar-refractivity contribution in [1.29, 1.82) is 0 Å². The summed E-state index contributed by atoms with van der Waals surface area (Å²) in [6.07, 6.45) is 5.95. The number of ether oxygens (including phenoxy) is 1. The van der Waals surface area contributed by atoms with Crippen LogP contribution in [0.3, 0.4) is 0 Å². The van der Waals surface area contributed by atoms with Gasteiger partial charge in [0, 0.05) is 45.2 Å². The quantitative estimate of drug-likeness (QED) is 0.517. The summed E-state index contributed by atoms with van der Waals surface area (Å²) >= 11 is 0. The Labute approximate surface area is 243 Å². The Hall–Kier alpha value is -3.19. The van der Waals surface area contributed by atoms with Crippen LogP contribution in [0.15, 0.2) is 24.4 Å². The smallest absolute Gasteiger partial charge is 0.257 e. The number of hydrogen-bond acceptors (Lipinski definition) is 8. The number of carbonyl (C=O) groups is 1. The van der Waals surface area contributed by atoms with E-state index in [2.05, 4.69) is 15.2 Å². The lowest BCUT2D eigenvalue weighted by molar-refractivity contribution is -0.0402. The number of aliphatic hydroxyl groups excluding tert-OH is 1. The van der Waals surface area contributed by atoms with E-state index >= 15 is 0 Å². The molecule has 13 heteroatoms. The topological polar surface area (TPSA) is 115 Å². The number of piperidine rings is 2. The number of amides is 1. The summed E-state index contributed by atoms with van der Waals surface area (Å²) in [5.41, 5.74) is 3.25. The highest BCUT2D eigenvalue weighted by molar-refractivity contribution is 7.92. The molecular formula is C29H35F2N5O5S. The van der Waals surface area contributed by atoms with Crippen molar-refractivity contribution in [3.05, 3.63) is 35.5 Å². The highest BCUT2D eigenvalue weighted by Crippen LogP contribution is 2.54. The van der Waals surface area contributed by atoms with Gasteiger partial charge >= 0.3 is 0 Å². The standard InChI is InChI=1S/C29H35F2N5O5S/c30-29(31)7-12-35-20(17-29)18-41-25-22(1-8-32-26(25)35)33-27(38)21-15-19-2-9-36(42(39,40)14-13-37)23(19)16-24(21)34-10-5-28(3-4-28)6-11-34/h1,8,15-16,20,37H,2-7,9-14,17-18H2,(H,32,33,38). The van der Waals surface area contributed by atoms with E-state index in [9.17, 15) is 27.1 Å². The number of sulfonamides is 1. The van der Waals surface area contributed by atoms with Gasteiger partial charge in [-0.3, -0.25) is 9.10 Å². The van der Waals surface area contributed by atoms with Gasteiger partial charge < -0.3 is 25.0 Å². The molecule has 5 aliphatic rings. The molecule has 1 aromatic heterocycles. The van der Waals surface area contributed by atoms with Crippen LogP contribution in [0, 0.1) is 5.41 Å². The molecule has 1 atom stereocenters. The van der Waals surface area contributed by atoms with Gasteiger partial charge in [-0.2, -0.15) is 0 Å². The van der Waals surface area contributed by atoms with Gasteiger partial charge in [-0.1, -0.05) is 0 Å². The second-order valence-corrected chi connectivity index (χ2v) is 14.3. The van der Waals surface area contributed by atoms with Crippen LogP contribution in [0.5, 0.6) is 5.75 Å². The molecule has 2 N–H and O–H groups in total. The molecule has 7 rings (SSSR count). The van der Waals surface area contributed by atoms with Crippen LogP contribution in [0.1, 0.15) is 54.4 Å². The summed E-state index contributed by atoms with van der Waals surface area (Å²) in [5, 5.41) is 12.3. The number of nitrogens with one attached hydrogen (secondary N) is 1. The lowest BCUT2D eigenvalue weighted by atomic mass is 9.92. The predicted molar refractivity (Wildman–Crippen MR) is 154 cm³/mol. The Bertz CT molecular complexity index is 1520. The van der Waals surface area contributed by atoms with E-state index < -0.39 is 28.6 Å². The molecule has 5 heterocycles. The van der Waals surface area contributed by atoms with E-state index in [1.54, 1.807) is 18.3 Å². The summed E-state index contributed by atoms with van der Waals surface area (Å²) in [7, 11) is -3.70. The molecule has 1 amide bonds. The number of fused-ring (bicyclic) bond motifs is 4. The van der Waals surface area contributed by atoms with Crippen LogP contribution >= 0.6 is 0 Å². The zero-order valence-electron chi connectivity index (χ0n) is 23.3. The minimum absolute atomic E-state index is 0.0783. The summed E-state index contributed by atoms with van der Waals surface area (Å²) in [6.45, 7) is 1.57. The Morgan fingerprint density at radius 2 is 1.88 bits per heavy atom. The van der Waals surface area contributed by atoms with Crippen molar-refractivity contribution in [3.63, 3.8) is 0 Å². The molecule has 226 valence electrons. The first-order chi connectivity index (χ1) is 20.1. The number of aliphatic hydroxyl groups is 1. The van der Waals surface area contributed by atoms with E-state index in [-0.39, 0.29) is 44.2 Å². The molecular weight excluding hydrogens is 568 g/mol. The fourth-order valence-corrected chi connectivity index (χ4v) is 8.25. The van der Waals surface area contributed by atoms with Gasteiger partial charge in [-0.25, -0.2) is 22.2 Å². The number of carbonyl (C=O) groups excluding carboxylic acids is 1. The van der Waals surface area contributed by atoms with Gasteiger partial charge in [-0.05, 0) is 61.3 Å². The Morgan fingerprint density at radius 1 is 1.10 bits per heavy atom. The van der Waals surface area contributed by atoms with Crippen LogP contribution in [0.2, 0.25) is 0 Å². The first-order valence-corrected chi connectivity index (χ1v) is 16.3. The number of alkyl halides is 2. The molecule has 1 saturated carbocycles. The maximum atomic E-state index is 14.0. The van der Waals surface area contributed by atoms with Gasteiger partial charge in [0.15, 0.2) is 11.6 Å². The van der Waals surface area contributed by atoms with Gasteiger partial charge in [0.2, 0.25) is 10.0 Å². The number of aromatic nitrogens is 1. The molecule has 4 aliphatic heterocycles. The zero-order valence-corrected chi connectivity index (χ0v) is 24.1. The van der Waals surface area contributed by atoms with Crippen LogP contribution in [-0.4, -0.2) is 81.5 Å². The molecule has 10 nitrogen and oxygen atoms in total. The maximum absolute atomic E-state index is 14.0. The van der Waals surface area contributed by atoms with Gasteiger partial charge in [0.25, 0.3) is 11.8 Å². The van der Waals surface area contributed by atoms with E-state index in [1.807, 2.05) is 11.0 Å². The lowest BCUT2D eigenvalue weighted by Crippen LogP contribution is -2.52. The average molecular weight is 604 g/mol. The Balaban J connectivity index is 1.21. The van der Waals surface area contributed by atoms with E-state index in [4.69, 9.17) is 4.74 Å². The Kier molecular flexibility index (Phi) is 6.54. The SMILES string of the molecule is O=C(Nc1ccnc2c1OCC1CC(F)(F)CCN21)c1cc2c(cc1N1CCC3(CC1)CC3)N(S(=O)(=O)CCO)CC2. The molecule has 42 heavy (non-hydrogen) atoms. The number of nitrogens with zero attached hydrogens (tertiary/aromatic N) is 4. The molecule has 0 bridgehead atoms. The fourth-order valence-electron chi connectivity index (χ4n) is 6.96. The summed E-state index contributed by atoms with van der Waals surface area (Å²) in [4.78, 5) is 22.4. The van der Waals surface area contributed by atoms with Gasteiger partial charge in [0.1, 0.15) is 6.61 Å². The van der Waals surface area contributed by atoms with Crippen LogP contribution in [-0.2, 0) is 16.4 Å². The van der Waals surface area contributed by atoms with Crippen molar-refractivity contribution in [1.82, 2.24) is 4.98 Å². The van der Waals surface area contributed by atoms with Crippen LogP contribution in [0.25, 0.3) is 0 Å². The first-order valence-electron chi connectivity index (χ1n) is 14.7. The molecule has 1 aliphatic carbocycles. The predicted octanol–water partition coefficient (Wildman–Crippen LogP) is 3.40. The normalized spacial score (nSPS) is 23.6. The molecule has 1 spiro atoms. The fraction of sp³-hybridized carbons (Fsp3) is 0.586. The van der Waals surface area contributed by atoms with Gasteiger partial charge in [-0.15, -0.1) is 0 Å². The van der Waals surface area contributed by atoms with Crippen molar-refractivity contribution < 1.29 is 31.8 Å². The molecule has 2 saturated heterocycles. The van der Waals surface area contributed by atoms with Crippen LogP contribution < -0.4 is 24.2 Å². The second kappa shape index (κ2) is 9.94. The van der Waals surface area contributed by atoms with E-state index in [0.717, 1.165) is 31.5 Å². The minimum Gasteiger partial charge on any atom is -0.485 e. The molecule has 1 unspecified atom stereocenters. The van der Waals surface area contributed by atoms with Gasteiger partial charge in [0.05, 0.1) is 41.0 Å². The average Bonchev–Trinajstić information content (AvgIpc) is 3.56. The van der Waals surface area contributed by atoms with E-state index in [1.165, 1.54) is 17.1 Å². The third kappa shape index (κ3) is 4.83. The van der Waals surface area contributed by atoms with Crippen molar-refractivity contribution in [3.8, 4) is 5.75 Å². The van der Waals surface area contributed by atoms with Crippen molar-refractivity contribution in [2.75, 3.05) is 64.6 Å². The van der Waals surface area contributed by atoms with Crippen molar-refractivity contribution >= 4 is 38.8 Å². The maximum Gasteiger partial charge on any atom is 0.257 e.